The zero-order valence-electron chi connectivity index (χ0n) is 41.1. The van der Waals surface area contributed by atoms with Gasteiger partial charge in [0.15, 0.2) is 17.3 Å². The summed E-state index contributed by atoms with van der Waals surface area (Å²) in [6, 6.07) is 14.1. The van der Waals surface area contributed by atoms with E-state index in [0.717, 1.165) is 47.6 Å². The highest BCUT2D eigenvalue weighted by molar-refractivity contribution is 7.99. The van der Waals surface area contributed by atoms with Crippen molar-refractivity contribution < 1.29 is 14.3 Å². The predicted molar refractivity (Wildman–Crippen MR) is 276 cm³/mol. The Hall–Kier alpha value is -2.20. The summed E-state index contributed by atoms with van der Waals surface area (Å²) in [5, 5.41) is 0. The predicted octanol–water partition coefficient (Wildman–Crippen LogP) is 19.9. The Balaban J connectivity index is 1.65. The van der Waals surface area contributed by atoms with E-state index in [1.807, 2.05) is 48.2 Å². The molecule has 0 N–H and O–H groups in total. The molecule has 0 atom stereocenters. The van der Waals surface area contributed by atoms with Crippen molar-refractivity contribution in [3.05, 3.63) is 59.7 Å². The highest BCUT2D eigenvalue weighted by Crippen LogP contribution is 2.30. The lowest BCUT2D eigenvalue weighted by molar-refractivity contribution is 0.104. The fraction of sp³-hybridized carbons (Fsp3) is 0.741. The monoisotopic (exact) mass is 875 g/mol. The summed E-state index contributed by atoms with van der Waals surface area (Å²) in [5.41, 5.74) is 1.68. The fourth-order valence-electron chi connectivity index (χ4n) is 8.44. The first-order valence-corrected chi connectivity index (χ1v) is 28.0. The quantitative estimate of drug-likeness (QED) is 0.0287. The Bertz CT molecular complexity index is 1300. The smallest absolute Gasteiger partial charge is 0.185 e. The van der Waals surface area contributed by atoms with Crippen molar-refractivity contribution in [3.8, 4) is 11.5 Å². The van der Waals surface area contributed by atoms with Crippen LogP contribution in [-0.2, 0) is 0 Å². The van der Waals surface area contributed by atoms with Crippen LogP contribution in [0, 0.1) is 0 Å². The van der Waals surface area contributed by atoms with E-state index < -0.39 is 0 Å². The van der Waals surface area contributed by atoms with Gasteiger partial charge >= 0.3 is 0 Å². The second-order valence-electron chi connectivity index (χ2n) is 18.5. The number of carbonyl (C=O) groups is 1. The van der Waals surface area contributed by atoms with Gasteiger partial charge in [-0.15, -0.1) is 11.8 Å². The first-order chi connectivity index (χ1) is 30.7. The SMILES string of the molecule is CCCCCCCCCCCCCCCCCCCCOc1ccc(C=CC(=O)c2ccc(SCCC)cc2)cc1OCCCCCCCCCCCCCCCCCCCC. The average molecular weight is 875 g/mol. The minimum absolute atomic E-state index is 0.0210. The number of unbranched alkanes of at least 4 members (excludes halogenated alkanes) is 34. The maximum atomic E-state index is 13.0. The molecule has 0 aromatic heterocycles. The van der Waals surface area contributed by atoms with Gasteiger partial charge in [-0.2, -0.15) is 0 Å². The zero-order valence-corrected chi connectivity index (χ0v) is 41.9. The number of hydrogen-bond acceptors (Lipinski definition) is 4. The third-order valence-electron chi connectivity index (χ3n) is 12.5. The molecule has 0 saturated heterocycles. The lowest BCUT2D eigenvalue weighted by Crippen LogP contribution is -2.03. The van der Waals surface area contributed by atoms with Crippen LogP contribution in [0.1, 0.15) is 274 Å². The van der Waals surface area contributed by atoms with Gasteiger partial charge in [0.05, 0.1) is 13.2 Å². The van der Waals surface area contributed by atoms with E-state index in [1.165, 1.54) is 223 Å². The summed E-state index contributed by atoms with van der Waals surface area (Å²) in [6.07, 6.45) is 54.3. The van der Waals surface area contributed by atoms with E-state index in [2.05, 4.69) is 32.9 Å². The summed E-state index contributed by atoms with van der Waals surface area (Å²) >= 11 is 1.84. The van der Waals surface area contributed by atoms with Crippen LogP contribution < -0.4 is 9.47 Å². The lowest BCUT2D eigenvalue weighted by atomic mass is 10.0. The molecule has 0 unspecified atom stereocenters. The molecule has 354 valence electrons. The van der Waals surface area contributed by atoms with Crippen LogP contribution in [0.3, 0.4) is 0 Å². The fourth-order valence-corrected chi connectivity index (χ4v) is 9.20. The average Bonchev–Trinajstić information content (AvgIpc) is 3.29. The van der Waals surface area contributed by atoms with Gasteiger partial charge in [-0.1, -0.05) is 251 Å². The number of rotatable bonds is 46. The summed E-state index contributed by atoms with van der Waals surface area (Å²) in [5.74, 6) is 2.73. The molecule has 62 heavy (non-hydrogen) atoms. The molecule has 0 saturated carbocycles. The molecule has 0 aliphatic carbocycles. The first-order valence-electron chi connectivity index (χ1n) is 27.0. The third kappa shape index (κ3) is 32.5. The molecule has 0 aliphatic heterocycles. The Kier molecular flexibility index (Phi) is 38.6. The molecule has 0 heterocycles. The van der Waals surface area contributed by atoms with Gasteiger partial charge < -0.3 is 9.47 Å². The summed E-state index contributed by atoms with van der Waals surface area (Å²) < 4.78 is 12.7. The highest BCUT2D eigenvalue weighted by Gasteiger charge is 2.09. The van der Waals surface area contributed by atoms with Crippen molar-refractivity contribution in [1.29, 1.82) is 0 Å². The van der Waals surface area contributed by atoms with Gasteiger partial charge in [0.25, 0.3) is 0 Å². The molecular formula is C58H98O3S. The largest absolute Gasteiger partial charge is 0.490 e. The molecule has 0 fully saturated rings. The van der Waals surface area contributed by atoms with Crippen LogP contribution in [-0.4, -0.2) is 24.7 Å². The molecule has 0 aliphatic rings. The number of carbonyl (C=O) groups excluding carboxylic acids is 1. The number of benzene rings is 2. The second-order valence-corrected chi connectivity index (χ2v) is 19.7. The van der Waals surface area contributed by atoms with E-state index in [0.29, 0.717) is 13.2 Å². The van der Waals surface area contributed by atoms with Crippen molar-refractivity contribution in [1.82, 2.24) is 0 Å². The molecule has 3 nitrogen and oxygen atoms in total. The molecule has 2 aromatic rings. The van der Waals surface area contributed by atoms with Crippen molar-refractivity contribution in [2.45, 2.75) is 263 Å². The Morgan fingerprint density at radius 3 is 1.15 bits per heavy atom. The third-order valence-corrected chi connectivity index (χ3v) is 13.7. The van der Waals surface area contributed by atoms with Crippen LogP contribution in [0.4, 0.5) is 0 Å². The van der Waals surface area contributed by atoms with E-state index in [9.17, 15) is 4.79 Å². The van der Waals surface area contributed by atoms with Crippen LogP contribution >= 0.6 is 11.8 Å². The van der Waals surface area contributed by atoms with Gasteiger partial charge in [-0.25, -0.2) is 0 Å². The molecule has 2 aromatic carbocycles. The Labute approximate surface area is 389 Å². The van der Waals surface area contributed by atoms with Crippen molar-refractivity contribution in [3.63, 3.8) is 0 Å². The molecule has 0 bridgehead atoms. The van der Waals surface area contributed by atoms with Crippen LogP contribution in [0.25, 0.3) is 6.08 Å². The van der Waals surface area contributed by atoms with Gasteiger partial charge in [0, 0.05) is 10.5 Å². The molecule has 0 amide bonds. The van der Waals surface area contributed by atoms with Crippen LogP contribution in [0.2, 0.25) is 0 Å². The molecule has 2 rings (SSSR count). The Morgan fingerprint density at radius 2 is 0.774 bits per heavy atom. The molecule has 4 heteroatoms. The van der Waals surface area contributed by atoms with Gasteiger partial charge in [-0.05, 0) is 73.1 Å². The normalized spacial score (nSPS) is 11.5. The maximum Gasteiger partial charge on any atom is 0.185 e. The van der Waals surface area contributed by atoms with E-state index >= 15 is 0 Å². The van der Waals surface area contributed by atoms with Crippen LogP contribution in [0.15, 0.2) is 53.4 Å². The number of ketones is 1. The minimum atomic E-state index is 0.0210. The Morgan fingerprint density at radius 1 is 0.419 bits per heavy atom. The first kappa shape index (κ1) is 55.9. The molecule has 0 spiro atoms. The number of thioether (sulfide) groups is 1. The maximum absolute atomic E-state index is 13.0. The summed E-state index contributed by atoms with van der Waals surface area (Å²) in [6.45, 7) is 8.20. The highest BCUT2D eigenvalue weighted by atomic mass is 32.2. The van der Waals surface area contributed by atoms with Crippen molar-refractivity contribution in [2.75, 3.05) is 19.0 Å². The number of ether oxygens (including phenoxy) is 2. The van der Waals surface area contributed by atoms with E-state index in [-0.39, 0.29) is 5.78 Å². The second kappa shape index (κ2) is 42.7. The van der Waals surface area contributed by atoms with Crippen molar-refractivity contribution >= 4 is 23.6 Å². The molecule has 0 radical (unpaired) electrons. The van der Waals surface area contributed by atoms with E-state index in [1.54, 1.807) is 6.08 Å². The van der Waals surface area contributed by atoms with Gasteiger partial charge in [0.2, 0.25) is 0 Å². The standard InChI is InChI=1S/C58H98O3S/c1-4-7-9-11-13-15-17-19-21-23-25-27-29-31-33-35-37-39-49-60-57-48-42-53(41-47-56(59)54-43-45-55(46-44-54)62-51-6-3)52-58(57)61-50-40-38-36-34-32-30-28-26-24-22-20-18-16-14-12-10-8-5-2/h41-48,52H,4-40,49-51H2,1-3H3. The lowest BCUT2D eigenvalue weighted by Gasteiger charge is -2.14. The number of hydrogen-bond donors (Lipinski definition) is 0. The van der Waals surface area contributed by atoms with Crippen molar-refractivity contribution in [2.24, 2.45) is 0 Å². The van der Waals surface area contributed by atoms with Gasteiger partial charge in [-0.3, -0.25) is 4.79 Å². The number of allylic oxidation sites excluding steroid dienone is 1. The van der Waals surface area contributed by atoms with Crippen LogP contribution in [0.5, 0.6) is 11.5 Å². The van der Waals surface area contributed by atoms with Gasteiger partial charge in [0.1, 0.15) is 0 Å². The minimum Gasteiger partial charge on any atom is -0.490 e. The van der Waals surface area contributed by atoms with E-state index in [4.69, 9.17) is 9.47 Å². The topological polar surface area (TPSA) is 35.5 Å². The summed E-state index contributed by atoms with van der Waals surface area (Å²) in [4.78, 5) is 14.2. The summed E-state index contributed by atoms with van der Waals surface area (Å²) in [7, 11) is 0. The molecular weight excluding hydrogens is 777 g/mol. The zero-order chi connectivity index (χ0) is 44.2.